The van der Waals surface area contributed by atoms with E-state index in [-0.39, 0.29) is 12.5 Å². The summed E-state index contributed by atoms with van der Waals surface area (Å²) in [5.41, 5.74) is 0.957. The fraction of sp³-hybridized carbons (Fsp3) is 0.154. The molecule has 0 unspecified atom stereocenters. The molecule has 6 heteroatoms. The van der Waals surface area contributed by atoms with Crippen LogP contribution in [0.3, 0.4) is 0 Å². The molecule has 0 saturated heterocycles. The molecule has 2 aromatic rings. The molecular weight excluding hydrogens is 244 g/mol. The Kier molecular flexibility index (Phi) is 3.90. The number of hydrogen-bond acceptors (Lipinski definition) is 4. The van der Waals surface area contributed by atoms with E-state index in [1.54, 1.807) is 30.1 Å². The van der Waals surface area contributed by atoms with Crippen LogP contribution in [0.5, 0.6) is 0 Å². The average Bonchev–Trinajstić information content (AvgIpc) is 2.82. The number of rotatable bonds is 2. The van der Waals surface area contributed by atoms with Crippen LogP contribution >= 0.6 is 0 Å². The molecule has 2 aromatic heterocycles. The lowest BCUT2D eigenvalue weighted by Crippen LogP contribution is -2.13. The number of anilines is 1. The Labute approximate surface area is 110 Å². The van der Waals surface area contributed by atoms with Crippen LogP contribution in [0.1, 0.15) is 15.9 Å². The number of aryl methyl sites for hydroxylation is 1. The average molecular weight is 256 g/mol. The molecule has 0 radical (unpaired) electrons. The molecule has 0 aliphatic rings. The number of aliphatic hydroxyl groups excluding tert-OH is 1. The van der Waals surface area contributed by atoms with Crippen LogP contribution in [-0.4, -0.2) is 32.4 Å². The fourth-order valence-corrected chi connectivity index (χ4v) is 1.44. The van der Waals surface area contributed by atoms with Gasteiger partial charge in [-0.3, -0.25) is 14.5 Å². The monoisotopic (exact) mass is 256 g/mol. The molecule has 0 aliphatic heterocycles. The van der Waals surface area contributed by atoms with Crippen molar-refractivity contribution in [3.05, 3.63) is 41.9 Å². The number of nitrogens with zero attached hydrogens (tertiary/aromatic N) is 3. The van der Waals surface area contributed by atoms with Crippen LogP contribution in [0.25, 0.3) is 0 Å². The van der Waals surface area contributed by atoms with Crippen molar-refractivity contribution in [2.75, 3.05) is 11.9 Å². The predicted octanol–water partition coefficient (Wildman–Crippen LogP) is 0.411. The summed E-state index contributed by atoms with van der Waals surface area (Å²) < 4.78 is 1.59. The molecule has 0 aromatic carbocycles. The van der Waals surface area contributed by atoms with Crippen molar-refractivity contribution in [2.24, 2.45) is 7.05 Å². The molecule has 0 spiro atoms. The van der Waals surface area contributed by atoms with Gasteiger partial charge in [0.25, 0.3) is 5.91 Å². The number of nitrogens with one attached hydrogen (secondary N) is 1. The number of hydrogen-bond donors (Lipinski definition) is 2. The van der Waals surface area contributed by atoms with E-state index in [0.29, 0.717) is 16.9 Å². The van der Waals surface area contributed by atoms with Crippen molar-refractivity contribution in [1.82, 2.24) is 14.8 Å². The first-order chi connectivity index (χ1) is 9.19. The molecule has 0 atom stereocenters. The van der Waals surface area contributed by atoms with Crippen molar-refractivity contribution in [3.8, 4) is 11.8 Å². The van der Waals surface area contributed by atoms with Crippen LogP contribution in [0, 0.1) is 11.8 Å². The summed E-state index contributed by atoms with van der Waals surface area (Å²) in [5, 5.41) is 15.3. The van der Waals surface area contributed by atoms with Gasteiger partial charge in [-0.15, -0.1) is 0 Å². The SMILES string of the molecule is Cn1ccc(NC(=O)c2cncc(C#CCO)c2)n1. The number of amides is 1. The number of carbonyl (C=O) groups excluding carboxylic acids is 1. The Morgan fingerprint density at radius 1 is 1.53 bits per heavy atom. The Bertz CT molecular complexity index is 652. The van der Waals surface area contributed by atoms with E-state index < -0.39 is 0 Å². The van der Waals surface area contributed by atoms with Gasteiger partial charge in [-0.2, -0.15) is 5.10 Å². The van der Waals surface area contributed by atoms with Gasteiger partial charge in [0.2, 0.25) is 0 Å². The molecular formula is C13H12N4O2. The second-order valence-corrected chi connectivity index (χ2v) is 3.75. The van der Waals surface area contributed by atoms with Crippen molar-refractivity contribution >= 4 is 11.7 Å². The van der Waals surface area contributed by atoms with Crippen molar-refractivity contribution in [3.63, 3.8) is 0 Å². The molecule has 2 N–H and O–H groups in total. The van der Waals surface area contributed by atoms with Crippen LogP contribution < -0.4 is 5.32 Å². The first-order valence-electron chi connectivity index (χ1n) is 5.55. The zero-order valence-corrected chi connectivity index (χ0v) is 10.3. The molecule has 19 heavy (non-hydrogen) atoms. The third-order valence-corrected chi connectivity index (χ3v) is 2.27. The van der Waals surface area contributed by atoms with Gasteiger partial charge in [-0.1, -0.05) is 11.8 Å². The lowest BCUT2D eigenvalue weighted by Gasteiger charge is -2.01. The zero-order valence-electron chi connectivity index (χ0n) is 10.3. The van der Waals surface area contributed by atoms with Crippen molar-refractivity contribution < 1.29 is 9.90 Å². The van der Waals surface area contributed by atoms with Gasteiger partial charge in [-0.05, 0) is 6.07 Å². The largest absolute Gasteiger partial charge is 0.384 e. The van der Waals surface area contributed by atoms with Gasteiger partial charge < -0.3 is 10.4 Å². The molecule has 6 nitrogen and oxygen atoms in total. The lowest BCUT2D eigenvalue weighted by molar-refractivity contribution is 0.102. The van der Waals surface area contributed by atoms with Gasteiger partial charge in [0.15, 0.2) is 5.82 Å². The third-order valence-electron chi connectivity index (χ3n) is 2.27. The van der Waals surface area contributed by atoms with E-state index in [2.05, 4.69) is 27.2 Å². The maximum atomic E-state index is 12.0. The highest BCUT2D eigenvalue weighted by Gasteiger charge is 2.08. The smallest absolute Gasteiger partial charge is 0.258 e. The first-order valence-corrected chi connectivity index (χ1v) is 5.55. The molecule has 2 rings (SSSR count). The summed E-state index contributed by atoms with van der Waals surface area (Å²) in [4.78, 5) is 15.9. The number of aromatic nitrogens is 3. The van der Waals surface area contributed by atoms with E-state index in [0.717, 1.165) is 0 Å². The van der Waals surface area contributed by atoms with Gasteiger partial charge in [0.05, 0.1) is 5.56 Å². The molecule has 0 fully saturated rings. The topological polar surface area (TPSA) is 80.0 Å². The Morgan fingerprint density at radius 2 is 2.37 bits per heavy atom. The maximum Gasteiger partial charge on any atom is 0.258 e. The molecule has 96 valence electrons. The summed E-state index contributed by atoms with van der Waals surface area (Å²) in [6, 6.07) is 3.30. The summed E-state index contributed by atoms with van der Waals surface area (Å²) >= 11 is 0. The second kappa shape index (κ2) is 5.80. The minimum atomic E-state index is -0.307. The number of pyridine rings is 1. The van der Waals surface area contributed by atoms with Crippen LogP contribution in [0.15, 0.2) is 30.7 Å². The highest BCUT2D eigenvalue weighted by molar-refractivity contribution is 6.03. The zero-order chi connectivity index (χ0) is 13.7. The minimum Gasteiger partial charge on any atom is -0.384 e. The molecule has 0 bridgehead atoms. The van der Waals surface area contributed by atoms with Gasteiger partial charge >= 0.3 is 0 Å². The first kappa shape index (κ1) is 12.8. The van der Waals surface area contributed by atoms with E-state index in [9.17, 15) is 4.79 Å². The summed E-state index contributed by atoms with van der Waals surface area (Å²) in [5.74, 6) is 5.36. The van der Waals surface area contributed by atoms with E-state index in [1.165, 1.54) is 12.4 Å². The number of aliphatic hydroxyl groups is 1. The number of carbonyl (C=O) groups is 1. The predicted molar refractivity (Wildman–Crippen MR) is 69.4 cm³/mol. The summed E-state index contributed by atoms with van der Waals surface area (Å²) in [7, 11) is 1.77. The van der Waals surface area contributed by atoms with E-state index >= 15 is 0 Å². The Hall–Kier alpha value is -2.65. The maximum absolute atomic E-state index is 12.0. The lowest BCUT2D eigenvalue weighted by atomic mass is 10.2. The molecule has 1 amide bonds. The second-order valence-electron chi connectivity index (χ2n) is 3.75. The van der Waals surface area contributed by atoms with E-state index in [4.69, 9.17) is 5.11 Å². The minimum absolute atomic E-state index is 0.232. The quantitative estimate of drug-likeness (QED) is 0.763. The standard InChI is InChI=1S/C13H12N4O2/c1-17-5-4-12(16-17)15-13(19)11-7-10(3-2-6-18)8-14-9-11/h4-5,7-9,18H,6H2,1H3,(H,15,16,19). The van der Waals surface area contributed by atoms with Crippen LogP contribution in [-0.2, 0) is 7.05 Å². The Morgan fingerprint density at radius 3 is 3.05 bits per heavy atom. The third kappa shape index (κ3) is 3.40. The molecule has 2 heterocycles. The highest BCUT2D eigenvalue weighted by Crippen LogP contribution is 2.06. The Balaban J connectivity index is 2.15. The van der Waals surface area contributed by atoms with E-state index in [1.807, 2.05) is 0 Å². The van der Waals surface area contributed by atoms with Gasteiger partial charge in [0.1, 0.15) is 6.61 Å². The van der Waals surface area contributed by atoms with Crippen LogP contribution in [0.2, 0.25) is 0 Å². The molecule has 0 saturated carbocycles. The normalized spacial score (nSPS) is 9.58. The van der Waals surface area contributed by atoms with Crippen LogP contribution in [0.4, 0.5) is 5.82 Å². The summed E-state index contributed by atoms with van der Waals surface area (Å²) in [6.07, 6.45) is 4.71. The molecule has 0 aliphatic carbocycles. The van der Waals surface area contributed by atoms with Crippen molar-refractivity contribution in [1.29, 1.82) is 0 Å². The van der Waals surface area contributed by atoms with Crippen molar-refractivity contribution in [2.45, 2.75) is 0 Å². The van der Waals surface area contributed by atoms with Gasteiger partial charge in [-0.25, -0.2) is 0 Å². The fourth-order valence-electron chi connectivity index (χ4n) is 1.44. The summed E-state index contributed by atoms with van der Waals surface area (Å²) in [6.45, 7) is -0.232. The highest BCUT2D eigenvalue weighted by atomic mass is 16.2. The van der Waals surface area contributed by atoms with Gasteiger partial charge in [0, 0.05) is 37.3 Å².